The van der Waals surface area contributed by atoms with Crippen LogP contribution in [0.3, 0.4) is 0 Å². The van der Waals surface area contributed by atoms with Gasteiger partial charge in [-0.2, -0.15) is 10.1 Å². The van der Waals surface area contributed by atoms with Crippen molar-refractivity contribution in [1.82, 2.24) is 19.7 Å². The highest BCUT2D eigenvalue weighted by Crippen LogP contribution is 2.31. The van der Waals surface area contributed by atoms with Gasteiger partial charge in [-0.25, -0.2) is 9.37 Å². The summed E-state index contributed by atoms with van der Waals surface area (Å²) in [6.07, 6.45) is 5.10. The molecule has 4 rings (SSSR count). The van der Waals surface area contributed by atoms with E-state index in [1.165, 1.54) is 12.1 Å². The van der Waals surface area contributed by atoms with E-state index in [-0.39, 0.29) is 11.1 Å². The van der Waals surface area contributed by atoms with Crippen molar-refractivity contribution >= 4 is 50.6 Å². The minimum absolute atomic E-state index is 0.00676. The van der Waals surface area contributed by atoms with E-state index in [4.69, 9.17) is 5.73 Å². The van der Waals surface area contributed by atoms with Crippen LogP contribution in [0.5, 0.6) is 0 Å². The molecule has 0 aliphatic carbocycles. The van der Waals surface area contributed by atoms with Gasteiger partial charge in [0.05, 0.1) is 11.9 Å². The van der Waals surface area contributed by atoms with E-state index in [0.29, 0.717) is 28.7 Å². The second-order valence-corrected chi connectivity index (χ2v) is 8.10. The van der Waals surface area contributed by atoms with Crippen molar-refractivity contribution in [3.63, 3.8) is 0 Å². The number of aromatic nitrogens is 4. The van der Waals surface area contributed by atoms with Crippen LogP contribution >= 0.6 is 15.9 Å². The van der Waals surface area contributed by atoms with E-state index < -0.39 is 11.7 Å². The van der Waals surface area contributed by atoms with Gasteiger partial charge in [0.15, 0.2) is 0 Å². The molecule has 2 aromatic carbocycles. The Morgan fingerprint density at radius 1 is 1.12 bits per heavy atom. The Balaban J connectivity index is 1.75. The van der Waals surface area contributed by atoms with Gasteiger partial charge in [-0.1, -0.05) is 34.6 Å². The van der Waals surface area contributed by atoms with Crippen LogP contribution in [0.25, 0.3) is 16.7 Å². The molecule has 0 saturated carbocycles. The Labute approximate surface area is 197 Å². The van der Waals surface area contributed by atoms with Gasteiger partial charge in [0.2, 0.25) is 11.9 Å². The molecule has 0 bridgehead atoms. The first kappa shape index (κ1) is 22.2. The van der Waals surface area contributed by atoms with Gasteiger partial charge in [0, 0.05) is 40.7 Å². The molecule has 2 heterocycles. The zero-order valence-electron chi connectivity index (χ0n) is 17.5. The monoisotopic (exact) mass is 507 g/mol. The number of carbonyl (C=O) groups excluding carboxylic acids is 1. The fraction of sp³-hybridized carbons (Fsp3) is 0.0435. The molecule has 0 aliphatic rings. The first-order valence-electron chi connectivity index (χ1n) is 9.74. The van der Waals surface area contributed by atoms with E-state index in [1.54, 1.807) is 36.4 Å². The number of primary amides is 1. The van der Waals surface area contributed by atoms with Gasteiger partial charge in [0.25, 0.3) is 0 Å². The highest BCUT2D eigenvalue weighted by atomic mass is 79.9. The van der Waals surface area contributed by atoms with Crippen LogP contribution in [0, 0.1) is 5.82 Å². The molecule has 8 nitrogen and oxygen atoms in total. The molecule has 10 heteroatoms. The summed E-state index contributed by atoms with van der Waals surface area (Å²) < 4.78 is 16.9. The van der Waals surface area contributed by atoms with Gasteiger partial charge in [-0.05, 0) is 41.5 Å². The third-order valence-corrected chi connectivity index (χ3v) is 5.24. The molecule has 0 aliphatic heterocycles. The SMILES string of the molecule is C=C(C(N)=O)c1cc(F)cc(Nc2nc(Nc3cnn(C)c3)ncc2-c2ccc(Br)cc2)c1. The van der Waals surface area contributed by atoms with Gasteiger partial charge in [-0.3, -0.25) is 9.48 Å². The summed E-state index contributed by atoms with van der Waals surface area (Å²) in [5.74, 6) is -0.526. The third kappa shape index (κ3) is 5.24. The van der Waals surface area contributed by atoms with E-state index in [1.807, 2.05) is 24.3 Å². The average Bonchev–Trinajstić information content (AvgIpc) is 3.18. The lowest BCUT2D eigenvalue weighted by Crippen LogP contribution is -2.12. The number of nitrogens with zero attached hydrogens (tertiary/aromatic N) is 4. The van der Waals surface area contributed by atoms with Crippen molar-refractivity contribution in [2.45, 2.75) is 0 Å². The number of carbonyl (C=O) groups is 1. The summed E-state index contributed by atoms with van der Waals surface area (Å²) in [5.41, 5.74) is 8.22. The molecule has 0 atom stereocenters. The van der Waals surface area contributed by atoms with Crippen LogP contribution in [0.2, 0.25) is 0 Å². The molecule has 0 unspecified atom stereocenters. The summed E-state index contributed by atoms with van der Waals surface area (Å²) in [6, 6.07) is 11.7. The lowest BCUT2D eigenvalue weighted by atomic mass is 10.1. The number of hydrogen-bond donors (Lipinski definition) is 3. The molecule has 0 radical (unpaired) electrons. The topological polar surface area (TPSA) is 111 Å². The zero-order valence-corrected chi connectivity index (χ0v) is 19.1. The Kier molecular flexibility index (Phi) is 6.18. The van der Waals surface area contributed by atoms with Crippen molar-refractivity contribution in [3.8, 4) is 11.1 Å². The zero-order chi connectivity index (χ0) is 23.5. The second-order valence-electron chi connectivity index (χ2n) is 7.19. The lowest BCUT2D eigenvalue weighted by Gasteiger charge is -2.14. The molecule has 166 valence electrons. The molecular weight excluding hydrogens is 489 g/mol. The minimum atomic E-state index is -0.730. The Morgan fingerprint density at radius 2 is 1.88 bits per heavy atom. The molecule has 0 saturated heterocycles. The van der Waals surface area contributed by atoms with Crippen molar-refractivity contribution in [2.75, 3.05) is 10.6 Å². The molecule has 1 amide bonds. The fourth-order valence-corrected chi connectivity index (χ4v) is 3.37. The summed E-state index contributed by atoms with van der Waals surface area (Å²) in [6.45, 7) is 3.63. The Hall–Kier alpha value is -4.05. The summed E-state index contributed by atoms with van der Waals surface area (Å²) in [7, 11) is 1.80. The number of rotatable bonds is 7. The van der Waals surface area contributed by atoms with Crippen LogP contribution in [-0.2, 0) is 11.8 Å². The van der Waals surface area contributed by atoms with Crippen LogP contribution in [0.15, 0.2) is 72.1 Å². The van der Waals surface area contributed by atoms with Crippen LogP contribution in [0.4, 0.5) is 27.5 Å². The molecule has 4 N–H and O–H groups in total. The number of aryl methyl sites for hydroxylation is 1. The highest BCUT2D eigenvalue weighted by molar-refractivity contribution is 9.10. The van der Waals surface area contributed by atoms with Gasteiger partial charge < -0.3 is 16.4 Å². The second kappa shape index (κ2) is 9.21. The lowest BCUT2D eigenvalue weighted by molar-refractivity contribution is -0.112. The third-order valence-electron chi connectivity index (χ3n) is 4.71. The molecule has 4 aromatic rings. The normalized spacial score (nSPS) is 10.6. The van der Waals surface area contributed by atoms with Crippen LogP contribution < -0.4 is 16.4 Å². The average molecular weight is 508 g/mol. The maximum atomic E-state index is 14.3. The van der Waals surface area contributed by atoms with E-state index >= 15 is 0 Å². The Morgan fingerprint density at radius 3 is 2.55 bits per heavy atom. The predicted molar refractivity (Wildman–Crippen MR) is 130 cm³/mol. The first-order valence-corrected chi connectivity index (χ1v) is 10.5. The maximum Gasteiger partial charge on any atom is 0.248 e. The molecule has 0 fully saturated rings. The molecular formula is C23H19BrFN7O. The van der Waals surface area contributed by atoms with Crippen molar-refractivity contribution in [1.29, 1.82) is 0 Å². The van der Waals surface area contributed by atoms with Gasteiger partial charge in [0.1, 0.15) is 11.6 Å². The number of nitrogens with two attached hydrogens (primary N) is 1. The summed E-state index contributed by atoms with van der Waals surface area (Å²) >= 11 is 3.43. The maximum absolute atomic E-state index is 14.3. The quantitative estimate of drug-likeness (QED) is 0.311. The number of hydrogen-bond acceptors (Lipinski definition) is 6. The molecule has 2 aromatic heterocycles. The number of amides is 1. The van der Waals surface area contributed by atoms with Gasteiger partial charge in [-0.15, -0.1) is 0 Å². The molecule has 0 spiro atoms. The number of nitrogens with one attached hydrogen (secondary N) is 2. The Bertz CT molecular complexity index is 1350. The van der Waals surface area contributed by atoms with E-state index in [2.05, 4.69) is 48.2 Å². The highest BCUT2D eigenvalue weighted by Gasteiger charge is 2.14. The summed E-state index contributed by atoms with van der Waals surface area (Å²) in [4.78, 5) is 20.5. The van der Waals surface area contributed by atoms with Crippen LogP contribution in [0.1, 0.15) is 5.56 Å². The number of benzene rings is 2. The van der Waals surface area contributed by atoms with Crippen molar-refractivity contribution in [3.05, 3.63) is 83.5 Å². The predicted octanol–water partition coefficient (Wildman–Crippen LogP) is 4.76. The first-order chi connectivity index (χ1) is 15.8. The van der Waals surface area contributed by atoms with E-state index in [9.17, 15) is 9.18 Å². The minimum Gasteiger partial charge on any atom is -0.366 e. The van der Waals surface area contributed by atoms with E-state index in [0.717, 1.165) is 10.0 Å². The number of anilines is 4. The molecule has 33 heavy (non-hydrogen) atoms. The largest absolute Gasteiger partial charge is 0.366 e. The van der Waals surface area contributed by atoms with Crippen molar-refractivity contribution < 1.29 is 9.18 Å². The van der Waals surface area contributed by atoms with Crippen molar-refractivity contribution in [2.24, 2.45) is 12.8 Å². The number of halogens is 2. The standard InChI is InChI=1S/C23H19BrFN7O/c1-13(21(26)33)15-7-17(25)9-18(8-15)29-22-20(14-3-5-16(24)6-4-14)11-27-23(31-22)30-19-10-28-32(2)12-19/h3-12H,1H2,2H3,(H2,26,33)(H2,27,29,30,31). The summed E-state index contributed by atoms with van der Waals surface area (Å²) in [5, 5.41) is 10.3. The van der Waals surface area contributed by atoms with Crippen LogP contribution in [-0.4, -0.2) is 25.7 Å². The fourth-order valence-electron chi connectivity index (χ4n) is 3.11. The smallest absolute Gasteiger partial charge is 0.248 e. The van der Waals surface area contributed by atoms with Gasteiger partial charge >= 0.3 is 0 Å².